The molecule has 0 spiro atoms. The van der Waals surface area contributed by atoms with E-state index in [0.29, 0.717) is 12.3 Å². The number of hydrogen-bond donors (Lipinski definition) is 0. The number of amides is 1. The van der Waals surface area contributed by atoms with E-state index < -0.39 is 0 Å². The Morgan fingerprint density at radius 3 is 2.76 bits per heavy atom. The maximum atomic E-state index is 13.4. The largest absolute Gasteiger partial charge is 0.454 e. The molecule has 2 aliphatic heterocycles. The first-order valence-electron chi connectivity index (χ1n) is 11.6. The maximum Gasteiger partial charge on any atom is 0.252 e. The maximum absolute atomic E-state index is 13.4. The van der Waals surface area contributed by atoms with Gasteiger partial charge in [0.05, 0.1) is 23.4 Å². The van der Waals surface area contributed by atoms with Gasteiger partial charge in [-0.05, 0) is 67.3 Å². The van der Waals surface area contributed by atoms with Gasteiger partial charge in [-0.3, -0.25) is 14.6 Å². The number of carbonyl (C=O) groups excluding carboxylic acids is 1. The van der Waals surface area contributed by atoms with Gasteiger partial charge in [0, 0.05) is 32.3 Å². The van der Waals surface area contributed by atoms with Gasteiger partial charge in [0.2, 0.25) is 6.79 Å². The predicted molar refractivity (Wildman–Crippen MR) is 135 cm³/mol. The fourth-order valence-corrected chi connectivity index (χ4v) is 5.21. The highest BCUT2D eigenvalue weighted by Gasteiger charge is 2.20. The first-order chi connectivity index (χ1) is 16.6. The van der Waals surface area contributed by atoms with Crippen molar-refractivity contribution < 1.29 is 19.0 Å². The summed E-state index contributed by atoms with van der Waals surface area (Å²) in [4.78, 5) is 22.4. The molecule has 0 saturated carbocycles. The van der Waals surface area contributed by atoms with Gasteiger partial charge >= 0.3 is 0 Å². The van der Waals surface area contributed by atoms with E-state index in [-0.39, 0.29) is 12.7 Å². The molecule has 34 heavy (non-hydrogen) atoms. The fraction of sp³-hybridized carbons (Fsp3) is 0.385. The van der Waals surface area contributed by atoms with Gasteiger partial charge in [0.15, 0.2) is 16.6 Å². The number of nitrogens with zero attached hydrogens (tertiary/aromatic N) is 3. The lowest BCUT2D eigenvalue weighted by Gasteiger charge is -2.27. The van der Waals surface area contributed by atoms with Crippen LogP contribution in [-0.2, 0) is 9.53 Å². The Morgan fingerprint density at radius 2 is 1.91 bits per heavy atom. The van der Waals surface area contributed by atoms with Crippen molar-refractivity contribution >= 4 is 38.7 Å². The van der Waals surface area contributed by atoms with E-state index in [1.165, 1.54) is 11.1 Å². The number of carbonyl (C=O) groups is 1. The van der Waals surface area contributed by atoms with Crippen molar-refractivity contribution in [2.45, 2.75) is 20.3 Å². The molecule has 2 aliphatic rings. The molecule has 3 heterocycles. The number of aromatic nitrogens is 1. The Morgan fingerprint density at radius 1 is 1.12 bits per heavy atom. The fourth-order valence-electron chi connectivity index (χ4n) is 4.13. The Kier molecular flexibility index (Phi) is 6.80. The first kappa shape index (κ1) is 22.8. The van der Waals surface area contributed by atoms with E-state index in [1.54, 1.807) is 22.3 Å². The van der Waals surface area contributed by atoms with Crippen LogP contribution < -0.4 is 14.4 Å². The monoisotopic (exact) mass is 479 g/mol. The summed E-state index contributed by atoms with van der Waals surface area (Å²) in [5, 5.41) is 0.738. The summed E-state index contributed by atoms with van der Waals surface area (Å²) in [7, 11) is 0. The first-order valence-corrected chi connectivity index (χ1v) is 12.5. The van der Waals surface area contributed by atoms with Gasteiger partial charge < -0.3 is 14.2 Å². The molecule has 7 nitrogen and oxygen atoms in total. The predicted octanol–water partition coefficient (Wildman–Crippen LogP) is 4.41. The highest BCUT2D eigenvalue weighted by Crippen LogP contribution is 2.33. The molecule has 0 atom stereocenters. The average molecular weight is 480 g/mol. The number of thiazole rings is 1. The number of rotatable bonds is 7. The molecular weight excluding hydrogens is 450 g/mol. The smallest absolute Gasteiger partial charge is 0.252 e. The highest BCUT2D eigenvalue weighted by molar-refractivity contribution is 7.22. The van der Waals surface area contributed by atoms with Crippen LogP contribution in [-0.4, -0.2) is 62.0 Å². The number of morpholine rings is 1. The summed E-state index contributed by atoms with van der Waals surface area (Å²) in [5.74, 6) is 1.36. The standard InChI is InChI=1S/C26H29N3O4S/c1-18-14-21-24(15-19(18)2)34-26(27-21)29(9-3-8-28-10-12-31-13-11-28)25(30)7-5-20-4-6-22-23(16-20)33-17-32-22/h4-7,14-16H,3,8-13,17H2,1-2H3/b7-5+. The highest BCUT2D eigenvalue weighted by atomic mass is 32.1. The van der Waals surface area contributed by atoms with Crippen molar-refractivity contribution in [3.8, 4) is 11.5 Å². The summed E-state index contributed by atoms with van der Waals surface area (Å²) < 4.78 is 17.4. The molecule has 8 heteroatoms. The minimum Gasteiger partial charge on any atom is -0.454 e. The van der Waals surface area contributed by atoms with Crippen LogP contribution in [0.2, 0.25) is 0 Å². The second kappa shape index (κ2) is 10.1. The molecule has 0 aliphatic carbocycles. The third kappa shape index (κ3) is 5.09. The number of aryl methyl sites for hydroxylation is 2. The summed E-state index contributed by atoms with van der Waals surface area (Å²) in [6, 6.07) is 9.93. The van der Waals surface area contributed by atoms with Crippen LogP contribution in [0.4, 0.5) is 5.13 Å². The van der Waals surface area contributed by atoms with Crippen LogP contribution in [0.15, 0.2) is 36.4 Å². The van der Waals surface area contributed by atoms with Gasteiger partial charge in [-0.25, -0.2) is 4.98 Å². The van der Waals surface area contributed by atoms with Crippen molar-refractivity contribution in [3.05, 3.63) is 53.1 Å². The average Bonchev–Trinajstić information content (AvgIpc) is 3.47. The Balaban J connectivity index is 1.35. The number of benzene rings is 2. The lowest BCUT2D eigenvalue weighted by molar-refractivity contribution is -0.114. The van der Waals surface area contributed by atoms with E-state index >= 15 is 0 Å². The van der Waals surface area contributed by atoms with Crippen LogP contribution in [0.5, 0.6) is 11.5 Å². The summed E-state index contributed by atoms with van der Waals surface area (Å²) in [6.45, 7) is 9.40. The van der Waals surface area contributed by atoms with E-state index in [2.05, 4.69) is 30.9 Å². The van der Waals surface area contributed by atoms with Crippen LogP contribution in [0, 0.1) is 13.8 Å². The van der Waals surface area contributed by atoms with Gasteiger partial charge in [-0.1, -0.05) is 17.4 Å². The minimum atomic E-state index is -0.0767. The molecule has 0 radical (unpaired) electrons. The zero-order valence-corrected chi connectivity index (χ0v) is 20.4. The zero-order chi connectivity index (χ0) is 23.5. The van der Waals surface area contributed by atoms with E-state index in [4.69, 9.17) is 19.2 Å². The molecular formula is C26H29N3O4S. The molecule has 3 aromatic rings. The van der Waals surface area contributed by atoms with Crippen LogP contribution in [0.25, 0.3) is 16.3 Å². The van der Waals surface area contributed by atoms with Crippen molar-refractivity contribution in [1.82, 2.24) is 9.88 Å². The number of hydrogen-bond acceptors (Lipinski definition) is 7. The molecule has 1 fully saturated rings. The van der Waals surface area contributed by atoms with E-state index in [9.17, 15) is 4.79 Å². The molecule has 1 saturated heterocycles. The zero-order valence-electron chi connectivity index (χ0n) is 19.6. The van der Waals surface area contributed by atoms with Gasteiger partial charge in [-0.2, -0.15) is 0 Å². The summed E-state index contributed by atoms with van der Waals surface area (Å²) in [6.07, 6.45) is 4.31. The topological polar surface area (TPSA) is 64.1 Å². The van der Waals surface area contributed by atoms with Gasteiger partial charge in [-0.15, -0.1) is 0 Å². The van der Waals surface area contributed by atoms with E-state index in [1.807, 2.05) is 24.3 Å². The molecule has 0 bridgehead atoms. The second-order valence-electron chi connectivity index (χ2n) is 8.64. The molecule has 5 rings (SSSR count). The lowest BCUT2D eigenvalue weighted by Crippen LogP contribution is -2.39. The Bertz CT molecular complexity index is 1180. The Labute approximate surface area is 203 Å². The van der Waals surface area contributed by atoms with E-state index in [0.717, 1.165) is 65.9 Å². The van der Waals surface area contributed by atoms with Crippen LogP contribution >= 0.6 is 11.3 Å². The second-order valence-corrected chi connectivity index (χ2v) is 9.65. The van der Waals surface area contributed by atoms with Crippen molar-refractivity contribution in [1.29, 1.82) is 0 Å². The van der Waals surface area contributed by atoms with Crippen LogP contribution in [0.3, 0.4) is 0 Å². The van der Waals surface area contributed by atoms with Crippen molar-refractivity contribution in [2.75, 3.05) is 51.1 Å². The normalized spacial score (nSPS) is 15.9. The minimum absolute atomic E-state index is 0.0767. The lowest BCUT2D eigenvalue weighted by atomic mass is 10.1. The quantitative estimate of drug-likeness (QED) is 0.468. The third-order valence-electron chi connectivity index (χ3n) is 6.26. The van der Waals surface area contributed by atoms with Crippen LogP contribution in [0.1, 0.15) is 23.1 Å². The number of ether oxygens (including phenoxy) is 3. The molecule has 0 unspecified atom stereocenters. The Hall–Kier alpha value is -2.94. The molecule has 1 aromatic heterocycles. The molecule has 178 valence electrons. The molecule has 1 amide bonds. The third-order valence-corrected chi connectivity index (χ3v) is 7.31. The summed E-state index contributed by atoms with van der Waals surface area (Å²) in [5.41, 5.74) is 4.27. The molecule has 0 N–H and O–H groups in total. The van der Waals surface area contributed by atoms with Crippen molar-refractivity contribution in [2.24, 2.45) is 0 Å². The van der Waals surface area contributed by atoms with Gasteiger partial charge in [0.1, 0.15) is 0 Å². The number of anilines is 1. The van der Waals surface area contributed by atoms with Crippen molar-refractivity contribution in [3.63, 3.8) is 0 Å². The summed E-state index contributed by atoms with van der Waals surface area (Å²) >= 11 is 1.57. The SMILES string of the molecule is Cc1cc2nc(N(CCCN3CCOCC3)C(=O)/C=C/c3ccc4c(c3)OCO4)sc2cc1C. The molecule has 2 aromatic carbocycles. The van der Waals surface area contributed by atoms with Gasteiger partial charge in [0.25, 0.3) is 5.91 Å². The number of fused-ring (bicyclic) bond motifs is 2.